The Labute approximate surface area is 125 Å². The predicted octanol–water partition coefficient (Wildman–Crippen LogP) is 4.27. The largest absolute Gasteiger partial charge is 0.496 e. The van der Waals surface area contributed by atoms with Gasteiger partial charge in [0, 0.05) is 5.69 Å². The fraction of sp³-hybridized carbons (Fsp3) is 0.188. The van der Waals surface area contributed by atoms with Crippen LogP contribution in [0.2, 0.25) is 0 Å². The maximum atomic E-state index is 12.9. The van der Waals surface area contributed by atoms with Crippen LogP contribution >= 0.6 is 0 Å². The summed E-state index contributed by atoms with van der Waals surface area (Å²) in [5.41, 5.74) is -0.346. The van der Waals surface area contributed by atoms with Gasteiger partial charge in [0.2, 0.25) is 0 Å². The van der Waals surface area contributed by atoms with Crippen molar-refractivity contribution < 1.29 is 22.7 Å². The molecule has 1 amide bonds. The Hall–Kier alpha value is -2.50. The number of nitrogens with one attached hydrogen (secondary N) is 1. The monoisotopic (exact) mass is 309 g/mol. The highest BCUT2D eigenvalue weighted by molar-refractivity contribution is 6.06. The fourth-order valence-corrected chi connectivity index (χ4v) is 2.04. The Morgan fingerprint density at radius 1 is 1.14 bits per heavy atom. The Morgan fingerprint density at radius 2 is 1.82 bits per heavy atom. The molecule has 2 aromatic rings. The molecule has 0 bridgehead atoms. The van der Waals surface area contributed by atoms with Crippen LogP contribution in [0, 0.1) is 6.92 Å². The molecule has 0 fully saturated rings. The van der Waals surface area contributed by atoms with Crippen LogP contribution in [0.5, 0.6) is 5.75 Å². The number of alkyl halides is 3. The molecule has 0 saturated heterocycles. The van der Waals surface area contributed by atoms with E-state index in [1.165, 1.54) is 32.2 Å². The first-order valence-corrected chi connectivity index (χ1v) is 6.45. The standard InChI is InChI=1S/C16H14F3NO2/c1-10-7-8-11(9-13(10)16(17,18)19)20-15(21)12-5-3-4-6-14(12)22-2/h3-9H,1-2H3,(H,20,21). The second-order valence-electron chi connectivity index (χ2n) is 4.68. The molecule has 0 unspecified atom stereocenters. The van der Waals surface area contributed by atoms with Crippen molar-refractivity contribution in [2.75, 3.05) is 12.4 Å². The molecular weight excluding hydrogens is 295 g/mol. The van der Waals surface area contributed by atoms with E-state index in [1.54, 1.807) is 18.2 Å². The molecule has 0 aliphatic rings. The zero-order valence-electron chi connectivity index (χ0n) is 12.0. The molecule has 6 heteroatoms. The van der Waals surface area contributed by atoms with Gasteiger partial charge in [0.25, 0.3) is 5.91 Å². The topological polar surface area (TPSA) is 38.3 Å². The van der Waals surface area contributed by atoms with E-state index >= 15 is 0 Å². The summed E-state index contributed by atoms with van der Waals surface area (Å²) in [6.07, 6.45) is -4.46. The molecule has 0 atom stereocenters. The van der Waals surface area contributed by atoms with Gasteiger partial charge in [-0.25, -0.2) is 0 Å². The average Bonchev–Trinajstić information content (AvgIpc) is 2.48. The van der Waals surface area contributed by atoms with Crippen LogP contribution in [-0.2, 0) is 6.18 Å². The van der Waals surface area contributed by atoms with Gasteiger partial charge in [0.1, 0.15) is 5.75 Å². The van der Waals surface area contributed by atoms with Gasteiger partial charge >= 0.3 is 6.18 Å². The first-order valence-electron chi connectivity index (χ1n) is 6.45. The molecule has 0 aromatic heterocycles. The molecule has 1 N–H and O–H groups in total. The number of hydrogen-bond donors (Lipinski definition) is 1. The zero-order valence-corrected chi connectivity index (χ0v) is 12.0. The maximum absolute atomic E-state index is 12.9. The highest BCUT2D eigenvalue weighted by atomic mass is 19.4. The molecule has 0 heterocycles. The highest BCUT2D eigenvalue weighted by Gasteiger charge is 2.32. The molecule has 0 radical (unpaired) electrons. The second-order valence-corrected chi connectivity index (χ2v) is 4.68. The van der Waals surface area contributed by atoms with Crippen molar-refractivity contribution in [1.82, 2.24) is 0 Å². The lowest BCUT2D eigenvalue weighted by Crippen LogP contribution is -2.14. The zero-order chi connectivity index (χ0) is 16.3. The van der Waals surface area contributed by atoms with Crippen molar-refractivity contribution in [2.24, 2.45) is 0 Å². The number of methoxy groups -OCH3 is 1. The third kappa shape index (κ3) is 3.39. The minimum atomic E-state index is -4.46. The van der Waals surface area contributed by atoms with E-state index in [0.29, 0.717) is 5.75 Å². The van der Waals surface area contributed by atoms with Crippen LogP contribution in [0.3, 0.4) is 0 Å². The first-order chi connectivity index (χ1) is 10.3. The van der Waals surface area contributed by atoms with Crippen LogP contribution in [0.4, 0.5) is 18.9 Å². The number of amides is 1. The lowest BCUT2D eigenvalue weighted by molar-refractivity contribution is -0.138. The SMILES string of the molecule is COc1ccccc1C(=O)Nc1ccc(C)c(C(F)(F)F)c1. The molecule has 2 aromatic carbocycles. The van der Waals surface area contributed by atoms with E-state index in [-0.39, 0.29) is 16.8 Å². The van der Waals surface area contributed by atoms with Gasteiger partial charge in [-0.05, 0) is 36.8 Å². The van der Waals surface area contributed by atoms with E-state index in [0.717, 1.165) is 6.07 Å². The number of carbonyl (C=O) groups is 1. The van der Waals surface area contributed by atoms with Gasteiger partial charge in [0.05, 0.1) is 18.2 Å². The second kappa shape index (κ2) is 6.09. The lowest BCUT2D eigenvalue weighted by Gasteiger charge is -2.13. The molecule has 2 rings (SSSR count). The first kappa shape index (κ1) is 15.9. The Kier molecular flexibility index (Phi) is 4.40. The Morgan fingerprint density at radius 3 is 2.45 bits per heavy atom. The smallest absolute Gasteiger partial charge is 0.416 e. The van der Waals surface area contributed by atoms with Gasteiger partial charge in [-0.2, -0.15) is 13.2 Å². The summed E-state index contributed by atoms with van der Waals surface area (Å²) in [6, 6.07) is 10.1. The number of ether oxygens (including phenoxy) is 1. The number of hydrogen-bond acceptors (Lipinski definition) is 2. The van der Waals surface area contributed by atoms with Gasteiger partial charge < -0.3 is 10.1 Å². The van der Waals surface area contributed by atoms with Crippen LogP contribution in [-0.4, -0.2) is 13.0 Å². The number of benzene rings is 2. The number of anilines is 1. The van der Waals surface area contributed by atoms with Gasteiger partial charge in [0.15, 0.2) is 0 Å². The van der Waals surface area contributed by atoms with Crippen molar-refractivity contribution in [3.05, 3.63) is 59.2 Å². The molecular formula is C16H14F3NO2. The summed E-state index contributed by atoms with van der Waals surface area (Å²) in [7, 11) is 1.42. The molecule has 22 heavy (non-hydrogen) atoms. The predicted molar refractivity (Wildman–Crippen MR) is 77.1 cm³/mol. The van der Waals surface area contributed by atoms with Crippen LogP contribution in [0.15, 0.2) is 42.5 Å². The summed E-state index contributed by atoms with van der Waals surface area (Å²) in [5.74, 6) is -0.183. The quantitative estimate of drug-likeness (QED) is 0.919. The summed E-state index contributed by atoms with van der Waals surface area (Å²) in [4.78, 5) is 12.2. The van der Waals surface area contributed by atoms with E-state index in [4.69, 9.17) is 4.74 Å². The third-order valence-corrected chi connectivity index (χ3v) is 3.15. The number of carbonyl (C=O) groups excluding carboxylic acids is 1. The number of para-hydroxylation sites is 1. The molecule has 0 aliphatic carbocycles. The van der Waals surface area contributed by atoms with Crippen LogP contribution in [0.1, 0.15) is 21.5 Å². The van der Waals surface area contributed by atoms with Crippen molar-refractivity contribution >= 4 is 11.6 Å². The molecule has 0 aliphatic heterocycles. The third-order valence-electron chi connectivity index (χ3n) is 3.15. The number of rotatable bonds is 3. The van der Waals surface area contributed by atoms with Crippen molar-refractivity contribution in [1.29, 1.82) is 0 Å². The minimum Gasteiger partial charge on any atom is -0.496 e. The summed E-state index contributed by atoms with van der Waals surface area (Å²) in [6.45, 7) is 1.37. The Balaban J connectivity index is 2.29. The van der Waals surface area contributed by atoms with Crippen molar-refractivity contribution in [3.8, 4) is 5.75 Å². The van der Waals surface area contributed by atoms with E-state index < -0.39 is 17.6 Å². The normalized spacial score (nSPS) is 11.1. The van der Waals surface area contributed by atoms with Gasteiger partial charge in [-0.1, -0.05) is 18.2 Å². The molecule has 3 nitrogen and oxygen atoms in total. The van der Waals surface area contributed by atoms with Gasteiger partial charge in [-0.15, -0.1) is 0 Å². The molecule has 116 valence electrons. The summed E-state index contributed by atoms with van der Waals surface area (Å²) >= 11 is 0. The average molecular weight is 309 g/mol. The van der Waals surface area contributed by atoms with Crippen molar-refractivity contribution in [3.63, 3.8) is 0 Å². The van der Waals surface area contributed by atoms with Crippen LogP contribution in [0.25, 0.3) is 0 Å². The lowest BCUT2D eigenvalue weighted by atomic mass is 10.1. The molecule has 0 saturated carbocycles. The van der Waals surface area contributed by atoms with E-state index in [1.807, 2.05) is 0 Å². The number of aryl methyl sites for hydroxylation is 1. The number of halogens is 3. The van der Waals surface area contributed by atoms with Crippen LogP contribution < -0.4 is 10.1 Å². The van der Waals surface area contributed by atoms with E-state index in [2.05, 4.69) is 5.32 Å². The van der Waals surface area contributed by atoms with E-state index in [9.17, 15) is 18.0 Å². The Bertz CT molecular complexity index is 696. The highest BCUT2D eigenvalue weighted by Crippen LogP contribution is 2.33. The maximum Gasteiger partial charge on any atom is 0.416 e. The summed E-state index contributed by atoms with van der Waals surface area (Å²) < 4.78 is 43.7. The summed E-state index contributed by atoms with van der Waals surface area (Å²) in [5, 5.41) is 2.45. The van der Waals surface area contributed by atoms with Gasteiger partial charge in [-0.3, -0.25) is 4.79 Å². The fourth-order valence-electron chi connectivity index (χ4n) is 2.04. The minimum absolute atomic E-state index is 0.0776. The molecule has 0 spiro atoms. The van der Waals surface area contributed by atoms with Crippen molar-refractivity contribution in [2.45, 2.75) is 13.1 Å².